The lowest BCUT2D eigenvalue weighted by atomic mass is 9.45. The Bertz CT molecular complexity index is 3390. The molecule has 0 saturated heterocycles. The zero-order valence-corrected chi connectivity index (χ0v) is 33.7. The number of benzene rings is 8. The summed E-state index contributed by atoms with van der Waals surface area (Å²) in [6.45, 7) is 13.3. The highest BCUT2D eigenvalue weighted by Crippen LogP contribution is 2.51. The number of aromatic nitrogens is 1. The molecule has 12 rings (SSSR count). The van der Waals surface area contributed by atoms with Gasteiger partial charge in [0.1, 0.15) is 11.2 Å². The second-order valence-electron chi connectivity index (χ2n) is 16.9. The van der Waals surface area contributed by atoms with E-state index in [2.05, 4.69) is 190 Å². The molecule has 58 heavy (non-hydrogen) atoms. The Morgan fingerprint density at radius 3 is 1.88 bits per heavy atom. The molecule has 2 aromatic heterocycles. The van der Waals surface area contributed by atoms with Gasteiger partial charge in [0, 0.05) is 44.1 Å². The lowest BCUT2D eigenvalue weighted by molar-refractivity contribution is 0.669. The van der Waals surface area contributed by atoms with Crippen LogP contribution in [0.4, 0.5) is 17.1 Å². The maximum absolute atomic E-state index is 6.87. The van der Waals surface area contributed by atoms with Crippen molar-refractivity contribution >= 4 is 78.6 Å². The predicted molar refractivity (Wildman–Crippen MR) is 247 cm³/mol. The predicted octanol–water partition coefficient (Wildman–Crippen LogP) is 13.3. The smallest absolute Gasteiger partial charge is 0.333 e. The summed E-state index contributed by atoms with van der Waals surface area (Å²) in [5.41, 5.74) is 25.8. The maximum Gasteiger partial charge on any atom is 0.333 e. The molecule has 0 spiro atoms. The van der Waals surface area contributed by atoms with Gasteiger partial charge in [-0.25, -0.2) is 0 Å². The first-order valence-corrected chi connectivity index (χ1v) is 20.5. The van der Waals surface area contributed by atoms with Crippen molar-refractivity contribution in [1.29, 1.82) is 0 Å². The summed E-state index contributed by atoms with van der Waals surface area (Å²) in [5.74, 6) is 0. The molecule has 2 aliphatic rings. The van der Waals surface area contributed by atoms with Crippen LogP contribution >= 0.6 is 0 Å². The Balaban J connectivity index is 1.26. The molecule has 0 atom stereocenters. The van der Waals surface area contributed by atoms with Gasteiger partial charge in [-0.1, -0.05) is 114 Å². The summed E-state index contributed by atoms with van der Waals surface area (Å²) < 4.78 is 9.52. The number of para-hydroxylation sites is 3. The number of anilines is 3. The van der Waals surface area contributed by atoms with Crippen molar-refractivity contribution in [2.45, 2.75) is 41.5 Å². The van der Waals surface area contributed by atoms with Crippen LogP contribution in [0.5, 0.6) is 0 Å². The van der Waals surface area contributed by atoms with E-state index in [0.29, 0.717) is 0 Å². The zero-order chi connectivity index (χ0) is 39.1. The lowest BCUT2D eigenvalue weighted by Gasteiger charge is -2.41. The maximum atomic E-state index is 6.87. The zero-order valence-electron chi connectivity index (χ0n) is 33.7. The highest BCUT2D eigenvalue weighted by molar-refractivity contribution is 6.90. The molecule has 4 heteroatoms. The summed E-state index contributed by atoms with van der Waals surface area (Å²) in [5, 5.41) is 4.85. The van der Waals surface area contributed by atoms with E-state index >= 15 is 0 Å². The highest BCUT2D eigenvalue weighted by atomic mass is 16.3. The molecular formula is C54H41BN2O. The summed E-state index contributed by atoms with van der Waals surface area (Å²) in [6, 6.07) is 52.5. The summed E-state index contributed by atoms with van der Waals surface area (Å²) in [6.07, 6.45) is 0. The Morgan fingerprint density at radius 1 is 0.500 bits per heavy atom. The number of nitrogens with zero attached hydrogens (tertiary/aromatic N) is 2. The van der Waals surface area contributed by atoms with E-state index in [-0.39, 0.29) is 6.85 Å². The number of fused-ring (bicyclic) bond motifs is 11. The minimum atomic E-state index is -0.0642. The van der Waals surface area contributed by atoms with E-state index < -0.39 is 0 Å². The third-order valence-electron chi connectivity index (χ3n) is 13.1. The van der Waals surface area contributed by atoms with E-state index in [1.54, 1.807) is 0 Å². The van der Waals surface area contributed by atoms with Crippen molar-refractivity contribution in [3.8, 4) is 33.4 Å². The Kier molecular flexibility index (Phi) is 6.83. The molecule has 0 fully saturated rings. The van der Waals surface area contributed by atoms with E-state index in [4.69, 9.17) is 4.42 Å². The first-order chi connectivity index (χ1) is 28.2. The first-order valence-electron chi connectivity index (χ1n) is 20.5. The van der Waals surface area contributed by atoms with E-state index in [0.717, 1.165) is 27.6 Å². The quantitative estimate of drug-likeness (QED) is 0.168. The summed E-state index contributed by atoms with van der Waals surface area (Å²) in [7, 11) is 0. The van der Waals surface area contributed by atoms with Crippen LogP contribution in [0.25, 0.3) is 77.1 Å². The van der Waals surface area contributed by atoms with Crippen LogP contribution in [0.15, 0.2) is 144 Å². The molecule has 0 radical (unpaired) electrons. The molecule has 0 N–H and O–H groups in total. The molecule has 4 heterocycles. The monoisotopic (exact) mass is 744 g/mol. The number of rotatable bonds is 3. The minimum absolute atomic E-state index is 0.0642. The molecule has 8 aromatic carbocycles. The molecule has 0 unspecified atom stereocenters. The van der Waals surface area contributed by atoms with Crippen LogP contribution in [-0.4, -0.2) is 11.3 Å². The van der Waals surface area contributed by atoms with Gasteiger partial charge in [-0.3, -0.25) is 0 Å². The summed E-state index contributed by atoms with van der Waals surface area (Å²) >= 11 is 0. The number of furan rings is 1. The topological polar surface area (TPSA) is 21.3 Å². The standard InChI is InChI=1S/C54H41BN2O/c1-30-23-32(3)49(33(4)24-30)36-13-11-14-38(27-36)56-46-28-37(50-34(5)25-31(2)26-35(50)6)21-22-44(46)55-52-43(29-48-51(54(52)56)42-16-8-10-20-47(42)58-48)41-18-12-17-40-39-15-7-9-19-45(39)57(55)53(40)41/h7-29H,1-6H3. The van der Waals surface area contributed by atoms with Gasteiger partial charge < -0.3 is 13.8 Å². The molecule has 276 valence electrons. The number of hydrogen-bond acceptors (Lipinski definition) is 2. The van der Waals surface area contributed by atoms with Crippen molar-refractivity contribution in [3.63, 3.8) is 0 Å². The van der Waals surface area contributed by atoms with Gasteiger partial charge >= 0.3 is 6.85 Å². The van der Waals surface area contributed by atoms with Gasteiger partial charge in [0.05, 0.1) is 11.1 Å². The van der Waals surface area contributed by atoms with Gasteiger partial charge in [0.2, 0.25) is 0 Å². The average molecular weight is 745 g/mol. The van der Waals surface area contributed by atoms with E-state index in [1.165, 1.54) is 111 Å². The fourth-order valence-electron chi connectivity index (χ4n) is 11.2. The van der Waals surface area contributed by atoms with Gasteiger partial charge in [-0.15, -0.1) is 0 Å². The van der Waals surface area contributed by atoms with Crippen molar-refractivity contribution in [3.05, 3.63) is 173 Å². The Morgan fingerprint density at radius 2 is 1.14 bits per heavy atom. The second-order valence-corrected chi connectivity index (χ2v) is 16.9. The first kappa shape index (κ1) is 33.4. The molecule has 3 nitrogen and oxygen atoms in total. The van der Waals surface area contributed by atoms with Gasteiger partial charge in [-0.05, 0) is 139 Å². The SMILES string of the molecule is Cc1cc(C)c(-c2cccc(N3c4cc(-c5c(C)cc(C)cc5C)ccc4B4c5c(cc6oc7ccccc7c6c53)-c3cccc5c6ccccc6n4c35)c2)c(C)c1. The molecule has 10 aromatic rings. The lowest BCUT2D eigenvalue weighted by Crippen LogP contribution is -2.56. The Hall–Kier alpha value is -6.78. The normalized spacial score (nSPS) is 12.9. The average Bonchev–Trinajstić information content (AvgIpc) is 3.75. The minimum Gasteiger partial charge on any atom is -0.456 e. The summed E-state index contributed by atoms with van der Waals surface area (Å²) in [4.78, 5) is 2.58. The van der Waals surface area contributed by atoms with Crippen LogP contribution in [0, 0.1) is 41.5 Å². The van der Waals surface area contributed by atoms with Crippen LogP contribution in [-0.2, 0) is 0 Å². The van der Waals surface area contributed by atoms with E-state index in [1.807, 2.05) is 0 Å². The number of hydrogen-bond donors (Lipinski definition) is 0. The van der Waals surface area contributed by atoms with Crippen LogP contribution in [0.1, 0.15) is 33.4 Å². The van der Waals surface area contributed by atoms with Gasteiger partial charge in [-0.2, -0.15) is 0 Å². The molecule has 0 aliphatic carbocycles. The number of aryl methyl sites for hydroxylation is 6. The fourth-order valence-corrected chi connectivity index (χ4v) is 11.2. The van der Waals surface area contributed by atoms with Crippen molar-refractivity contribution in [1.82, 2.24) is 4.48 Å². The molecule has 0 saturated carbocycles. The fraction of sp³-hybridized carbons (Fsp3) is 0.111. The van der Waals surface area contributed by atoms with Crippen molar-refractivity contribution in [2.24, 2.45) is 0 Å². The van der Waals surface area contributed by atoms with Crippen LogP contribution < -0.4 is 15.8 Å². The largest absolute Gasteiger partial charge is 0.456 e. The molecular weight excluding hydrogens is 703 g/mol. The van der Waals surface area contributed by atoms with Crippen molar-refractivity contribution < 1.29 is 4.42 Å². The third-order valence-corrected chi connectivity index (χ3v) is 13.1. The molecule has 0 amide bonds. The van der Waals surface area contributed by atoms with Crippen LogP contribution in [0.3, 0.4) is 0 Å². The van der Waals surface area contributed by atoms with Crippen LogP contribution in [0.2, 0.25) is 0 Å². The molecule has 0 bridgehead atoms. The second kappa shape index (κ2) is 11.9. The Labute approximate surface area is 338 Å². The van der Waals surface area contributed by atoms with Gasteiger partial charge in [0.15, 0.2) is 0 Å². The third kappa shape index (κ3) is 4.46. The van der Waals surface area contributed by atoms with Gasteiger partial charge in [0.25, 0.3) is 0 Å². The van der Waals surface area contributed by atoms with E-state index in [9.17, 15) is 0 Å². The molecule has 2 aliphatic heterocycles. The van der Waals surface area contributed by atoms with Crippen molar-refractivity contribution in [2.75, 3.05) is 4.90 Å². The highest BCUT2D eigenvalue weighted by Gasteiger charge is 2.44.